The third-order valence-corrected chi connectivity index (χ3v) is 6.36. The predicted molar refractivity (Wildman–Crippen MR) is 62.1 cm³/mol. The summed E-state index contributed by atoms with van der Waals surface area (Å²) in [6.45, 7) is 2.41. The second-order valence-corrected chi connectivity index (χ2v) is 6.71. The summed E-state index contributed by atoms with van der Waals surface area (Å²) >= 11 is 0. The number of aliphatic hydroxyl groups excluding tert-OH is 2. The third kappa shape index (κ3) is 1.23. The normalized spacial score (nSPS) is 59.6. The lowest BCUT2D eigenvalue weighted by molar-refractivity contribution is -0.0322. The van der Waals surface area contributed by atoms with Gasteiger partial charge in [-0.05, 0) is 60.2 Å². The summed E-state index contributed by atoms with van der Waals surface area (Å²) in [4.78, 5) is 0. The molecule has 4 rings (SSSR count). The lowest BCUT2D eigenvalue weighted by Gasteiger charge is -2.33. The van der Waals surface area contributed by atoms with Gasteiger partial charge in [0.25, 0.3) is 0 Å². The Morgan fingerprint density at radius 3 is 2.53 bits per heavy atom. The van der Waals surface area contributed by atoms with Gasteiger partial charge >= 0.3 is 0 Å². The number of rotatable bonds is 2. The van der Waals surface area contributed by atoms with Crippen molar-refractivity contribution in [3.8, 4) is 0 Å². The minimum absolute atomic E-state index is 0.293. The summed E-state index contributed by atoms with van der Waals surface area (Å²) in [5.74, 6) is 5.17. The zero-order valence-corrected chi connectivity index (χ0v) is 10.2. The Balaban J connectivity index is 1.73. The molecule has 0 aromatic heterocycles. The van der Waals surface area contributed by atoms with Crippen LogP contribution in [0.2, 0.25) is 0 Å². The molecule has 3 nitrogen and oxygen atoms in total. The van der Waals surface area contributed by atoms with Crippen molar-refractivity contribution in [3.63, 3.8) is 0 Å². The minimum Gasteiger partial charge on any atom is -0.396 e. The van der Waals surface area contributed by atoms with Crippen LogP contribution in [0, 0.1) is 47.3 Å². The Kier molecular flexibility index (Phi) is 2.34. The molecule has 0 radical (unpaired) electrons. The molecule has 0 spiro atoms. The predicted octanol–water partition coefficient (Wildman–Crippen LogP) is 0.752. The number of hydrogen-bond donors (Lipinski definition) is 2. The largest absolute Gasteiger partial charge is 0.396 e. The minimum atomic E-state index is 0.293. The second-order valence-electron chi connectivity index (χ2n) is 6.71. The Morgan fingerprint density at radius 1 is 0.882 bits per heavy atom. The lowest BCUT2D eigenvalue weighted by Crippen LogP contribution is -2.35. The first-order valence-corrected chi connectivity index (χ1v) is 7.14. The first-order valence-electron chi connectivity index (χ1n) is 7.14. The highest BCUT2D eigenvalue weighted by molar-refractivity contribution is 5.12. The zero-order chi connectivity index (χ0) is 11.6. The topological polar surface area (TPSA) is 49.7 Å². The summed E-state index contributed by atoms with van der Waals surface area (Å²) in [5, 5.41) is 19.3. The van der Waals surface area contributed by atoms with Crippen LogP contribution in [0.1, 0.15) is 12.8 Å². The Morgan fingerprint density at radius 2 is 1.76 bits per heavy atom. The van der Waals surface area contributed by atoms with E-state index in [-0.39, 0.29) is 0 Å². The van der Waals surface area contributed by atoms with Crippen molar-refractivity contribution in [3.05, 3.63) is 0 Å². The van der Waals surface area contributed by atoms with Gasteiger partial charge in [-0.25, -0.2) is 0 Å². The van der Waals surface area contributed by atoms with E-state index in [0.717, 1.165) is 36.9 Å². The standard InChI is InChI=1S/C14H22O3/c15-3-8-1-7-2-9-5-17-6-11-10(4-16)12(8)14(7)13(9)11/h7-16H,1-6H2/t7-,8+,9-,10+,11-,12+,13-,14+/m0/s1. The van der Waals surface area contributed by atoms with Crippen molar-refractivity contribution < 1.29 is 14.9 Å². The van der Waals surface area contributed by atoms with E-state index in [1.54, 1.807) is 0 Å². The molecule has 0 aromatic carbocycles. The van der Waals surface area contributed by atoms with Crippen molar-refractivity contribution in [1.29, 1.82) is 0 Å². The maximum Gasteiger partial charge on any atom is 0.0500 e. The molecule has 96 valence electrons. The van der Waals surface area contributed by atoms with Gasteiger partial charge in [0.1, 0.15) is 0 Å². The fraction of sp³-hybridized carbons (Fsp3) is 1.00. The fourth-order valence-corrected chi connectivity index (χ4v) is 6.08. The van der Waals surface area contributed by atoms with Crippen LogP contribution in [0.3, 0.4) is 0 Å². The molecular formula is C14H22O3. The Labute approximate surface area is 102 Å². The van der Waals surface area contributed by atoms with E-state index in [4.69, 9.17) is 4.74 Å². The highest BCUT2D eigenvalue weighted by Gasteiger charge is 2.64. The van der Waals surface area contributed by atoms with E-state index in [0.29, 0.717) is 36.9 Å². The maximum absolute atomic E-state index is 9.73. The smallest absolute Gasteiger partial charge is 0.0500 e. The van der Waals surface area contributed by atoms with Crippen molar-refractivity contribution in [2.75, 3.05) is 26.4 Å². The molecule has 0 bridgehead atoms. The van der Waals surface area contributed by atoms with Crippen LogP contribution in [-0.2, 0) is 4.74 Å². The van der Waals surface area contributed by atoms with E-state index in [1.165, 1.54) is 12.8 Å². The number of hydrogen-bond acceptors (Lipinski definition) is 3. The highest BCUT2D eigenvalue weighted by Crippen LogP contribution is 2.67. The molecule has 1 heterocycles. The molecular weight excluding hydrogens is 216 g/mol. The molecule has 8 atom stereocenters. The average Bonchev–Trinajstić information content (AvgIpc) is 2.96. The Hall–Kier alpha value is -0.120. The van der Waals surface area contributed by atoms with Crippen LogP contribution in [0.4, 0.5) is 0 Å². The first-order chi connectivity index (χ1) is 8.35. The van der Waals surface area contributed by atoms with Crippen LogP contribution >= 0.6 is 0 Å². The molecule has 17 heavy (non-hydrogen) atoms. The summed E-state index contributed by atoms with van der Waals surface area (Å²) in [6, 6.07) is 0. The van der Waals surface area contributed by atoms with Gasteiger partial charge in [0.05, 0.1) is 6.61 Å². The molecule has 3 saturated carbocycles. The molecule has 4 aliphatic rings. The zero-order valence-electron chi connectivity index (χ0n) is 10.2. The molecule has 0 unspecified atom stereocenters. The SMILES string of the molecule is OC[C@H]1C[C@H]2C[C@H]3COC[C@H]4[C@@H](CO)[C@@H]1[C@@H]2[C@@H]34. The summed E-state index contributed by atoms with van der Waals surface area (Å²) in [7, 11) is 0. The van der Waals surface area contributed by atoms with Crippen LogP contribution in [0.15, 0.2) is 0 Å². The van der Waals surface area contributed by atoms with Gasteiger partial charge < -0.3 is 14.9 Å². The second kappa shape index (κ2) is 3.69. The van der Waals surface area contributed by atoms with Crippen molar-refractivity contribution in [2.24, 2.45) is 47.3 Å². The molecule has 1 saturated heterocycles. The molecule has 0 aromatic rings. The average molecular weight is 238 g/mol. The molecule has 3 aliphatic carbocycles. The van der Waals surface area contributed by atoms with Gasteiger partial charge in [0, 0.05) is 19.8 Å². The fourth-order valence-electron chi connectivity index (χ4n) is 6.08. The maximum atomic E-state index is 9.73. The quantitative estimate of drug-likeness (QED) is 0.746. The summed E-state index contributed by atoms with van der Waals surface area (Å²) in [6.07, 6.45) is 2.51. The van der Waals surface area contributed by atoms with Gasteiger partial charge in [0.2, 0.25) is 0 Å². The van der Waals surface area contributed by atoms with Crippen molar-refractivity contribution in [1.82, 2.24) is 0 Å². The molecule has 4 fully saturated rings. The first kappa shape index (κ1) is 10.8. The summed E-state index contributed by atoms with van der Waals surface area (Å²) in [5.41, 5.74) is 0. The van der Waals surface area contributed by atoms with Crippen molar-refractivity contribution >= 4 is 0 Å². The van der Waals surface area contributed by atoms with Crippen LogP contribution in [-0.4, -0.2) is 36.6 Å². The van der Waals surface area contributed by atoms with E-state index in [2.05, 4.69) is 0 Å². The van der Waals surface area contributed by atoms with Crippen LogP contribution in [0.25, 0.3) is 0 Å². The number of ether oxygens (including phenoxy) is 1. The molecule has 3 heteroatoms. The molecule has 0 amide bonds. The number of aliphatic hydroxyl groups is 2. The van der Waals surface area contributed by atoms with E-state index in [9.17, 15) is 10.2 Å². The van der Waals surface area contributed by atoms with Crippen LogP contribution in [0.5, 0.6) is 0 Å². The van der Waals surface area contributed by atoms with E-state index in [1.807, 2.05) is 0 Å². The molecule has 2 N–H and O–H groups in total. The lowest BCUT2D eigenvalue weighted by atomic mass is 9.80. The van der Waals surface area contributed by atoms with Gasteiger partial charge in [-0.2, -0.15) is 0 Å². The highest BCUT2D eigenvalue weighted by atomic mass is 16.5. The van der Waals surface area contributed by atoms with Crippen molar-refractivity contribution in [2.45, 2.75) is 12.8 Å². The van der Waals surface area contributed by atoms with Gasteiger partial charge in [-0.15, -0.1) is 0 Å². The van der Waals surface area contributed by atoms with Gasteiger partial charge in [-0.1, -0.05) is 0 Å². The Bertz CT molecular complexity index is 319. The molecule has 1 aliphatic heterocycles. The summed E-state index contributed by atoms with van der Waals surface area (Å²) < 4.78 is 5.77. The monoisotopic (exact) mass is 238 g/mol. The third-order valence-electron chi connectivity index (χ3n) is 6.36. The van der Waals surface area contributed by atoms with E-state index < -0.39 is 0 Å². The van der Waals surface area contributed by atoms with Gasteiger partial charge in [-0.3, -0.25) is 0 Å². The van der Waals surface area contributed by atoms with Crippen LogP contribution < -0.4 is 0 Å². The van der Waals surface area contributed by atoms with E-state index >= 15 is 0 Å². The van der Waals surface area contributed by atoms with Gasteiger partial charge in [0.15, 0.2) is 0 Å².